The highest BCUT2D eigenvalue weighted by Gasteiger charge is 2.12. The monoisotopic (exact) mass is 368 g/mol. The minimum absolute atomic E-state index is 0.0505. The molecule has 5 nitrogen and oxygen atoms in total. The van der Waals surface area contributed by atoms with Crippen molar-refractivity contribution in [2.75, 3.05) is 30.7 Å². The number of nitrogens with one attached hydrogen (secondary N) is 1. The van der Waals surface area contributed by atoms with Gasteiger partial charge in [-0.2, -0.15) is 0 Å². The first-order valence-electron chi connectivity index (χ1n) is 10.1. The summed E-state index contributed by atoms with van der Waals surface area (Å²) in [7, 11) is 0. The fourth-order valence-electron chi connectivity index (χ4n) is 3.75. The summed E-state index contributed by atoms with van der Waals surface area (Å²) in [5, 5.41) is 12.9. The van der Waals surface area contributed by atoms with Gasteiger partial charge in [0.1, 0.15) is 5.82 Å². The summed E-state index contributed by atoms with van der Waals surface area (Å²) in [5.74, 6) is 0.508. The van der Waals surface area contributed by atoms with Crippen LogP contribution in [0.2, 0.25) is 0 Å². The number of benzene rings is 1. The Kier molecular flexibility index (Phi) is 7.07. The molecule has 1 aromatic carbocycles. The molecule has 5 heteroatoms. The standard InChI is InChI=1S/C22H32N4O/c1-2-5-19(16-27)24-21-13-20(25-22(23)14-21)12-17-6-8-18(9-7-17)15-26-10-3-4-11-26/h6-9,13-14,19,27H,2-5,10-12,15-16H2,1H3,(H3,23,24,25)/t19-/m0/s1. The van der Waals surface area contributed by atoms with Crippen LogP contribution in [0.1, 0.15) is 49.4 Å². The van der Waals surface area contributed by atoms with Crippen LogP contribution in [0, 0.1) is 0 Å². The number of likely N-dealkylation sites (tertiary alicyclic amines) is 1. The van der Waals surface area contributed by atoms with Gasteiger partial charge >= 0.3 is 0 Å². The average Bonchev–Trinajstić information content (AvgIpc) is 3.15. The SMILES string of the molecule is CCC[C@@H](CO)Nc1cc(N)nc(Cc2ccc(CN3CCCC3)cc2)c1. The second-order valence-corrected chi connectivity index (χ2v) is 7.56. The summed E-state index contributed by atoms with van der Waals surface area (Å²) in [5.41, 5.74) is 10.5. The lowest BCUT2D eigenvalue weighted by Crippen LogP contribution is -2.23. The fourth-order valence-corrected chi connectivity index (χ4v) is 3.75. The Morgan fingerprint density at radius 2 is 1.85 bits per heavy atom. The third-order valence-electron chi connectivity index (χ3n) is 5.14. The maximum Gasteiger partial charge on any atom is 0.125 e. The zero-order chi connectivity index (χ0) is 19.1. The first kappa shape index (κ1) is 19.6. The summed E-state index contributed by atoms with van der Waals surface area (Å²) in [6.45, 7) is 5.72. The Labute approximate surface area is 162 Å². The number of anilines is 2. The van der Waals surface area contributed by atoms with E-state index in [-0.39, 0.29) is 12.6 Å². The maximum atomic E-state index is 9.51. The van der Waals surface area contributed by atoms with Crippen molar-refractivity contribution in [3.63, 3.8) is 0 Å². The van der Waals surface area contributed by atoms with Crippen molar-refractivity contribution in [3.05, 3.63) is 53.2 Å². The van der Waals surface area contributed by atoms with E-state index in [1.807, 2.05) is 12.1 Å². The van der Waals surface area contributed by atoms with Crippen LogP contribution in [0.25, 0.3) is 0 Å². The topological polar surface area (TPSA) is 74.4 Å². The number of hydrogen-bond acceptors (Lipinski definition) is 5. The average molecular weight is 369 g/mol. The second kappa shape index (κ2) is 9.72. The summed E-state index contributed by atoms with van der Waals surface area (Å²) in [6, 6.07) is 12.8. The molecule has 0 spiro atoms. The van der Waals surface area contributed by atoms with Crippen LogP contribution >= 0.6 is 0 Å². The Morgan fingerprint density at radius 3 is 2.52 bits per heavy atom. The summed E-state index contributed by atoms with van der Waals surface area (Å²) >= 11 is 0. The molecule has 3 rings (SSSR count). The van der Waals surface area contributed by atoms with E-state index >= 15 is 0 Å². The van der Waals surface area contributed by atoms with E-state index in [9.17, 15) is 5.11 Å². The van der Waals surface area contributed by atoms with Gasteiger partial charge in [0.15, 0.2) is 0 Å². The predicted octanol–water partition coefficient (Wildman–Crippen LogP) is 3.42. The van der Waals surface area contributed by atoms with E-state index in [0.29, 0.717) is 5.82 Å². The highest BCUT2D eigenvalue weighted by Crippen LogP contribution is 2.19. The number of nitrogens with two attached hydrogens (primary N) is 1. The molecule has 27 heavy (non-hydrogen) atoms. The summed E-state index contributed by atoms with van der Waals surface area (Å²) in [6.07, 6.45) is 5.35. The lowest BCUT2D eigenvalue weighted by Gasteiger charge is -2.18. The molecule has 0 amide bonds. The minimum Gasteiger partial charge on any atom is -0.394 e. The molecule has 1 aromatic heterocycles. The van der Waals surface area contributed by atoms with E-state index in [4.69, 9.17) is 5.73 Å². The summed E-state index contributed by atoms with van der Waals surface area (Å²) in [4.78, 5) is 7.00. The third kappa shape index (κ3) is 5.94. The smallest absolute Gasteiger partial charge is 0.125 e. The maximum absolute atomic E-state index is 9.51. The fraction of sp³-hybridized carbons (Fsp3) is 0.500. The molecular formula is C22H32N4O. The zero-order valence-corrected chi connectivity index (χ0v) is 16.3. The van der Waals surface area contributed by atoms with Crippen LogP contribution in [0.15, 0.2) is 36.4 Å². The third-order valence-corrected chi connectivity index (χ3v) is 5.14. The lowest BCUT2D eigenvalue weighted by molar-refractivity contribution is 0.268. The van der Waals surface area contributed by atoms with Gasteiger partial charge in [-0.3, -0.25) is 4.90 Å². The van der Waals surface area contributed by atoms with Crippen molar-refractivity contribution in [1.29, 1.82) is 0 Å². The second-order valence-electron chi connectivity index (χ2n) is 7.56. The van der Waals surface area contributed by atoms with E-state index in [0.717, 1.165) is 37.2 Å². The Hall–Kier alpha value is -2.11. The predicted molar refractivity (Wildman–Crippen MR) is 112 cm³/mol. The molecule has 1 aliphatic heterocycles. The quantitative estimate of drug-likeness (QED) is 0.632. The Morgan fingerprint density at radius 1 is 1.15 bits per heavy atom. The van der Waals surface area contributed by atoms with Gasteiger partial charge in [-0.15, -0.1) is 0 Å². The number of aromatic nitrogens is 1. The van der Waals surface area contributed by atoms with Crippen LogP contribution in [-0.2, 0) is 13.0 Å². The molecule has 1 aliphatic rings. The van der Waals surface area contributed by atoms with Crippen LogP contribution in [0.5, 0.6) is 0 Å². The van der Waals surface area contributed by atoms with Crippen LogP contribution < -0.4 is 11.1 Å². The number of hydrogen-bond donors (Lipinski definition) is 3. The largest absolute Gasteiger partial charge is 0.394 e. The molecular weight excluding hydrogens is 336 g/mol. The van der Waals surface area contributed by atoms with E-state index in [1.165, 1.54) is 37.1 Å². The number of pyridine rings is 1. The van der Waals surface area contributed by atoms with Crippen LogP contribution in [-0.4, -0.2) is 40.7 Å². The van der Waals surface area contributed by atoms with E-state index in [1.54, 1.807) is 0 Å². The molecule has 2 heterocycles. The molecule has 0 aliphatic carbocycles. The van der Waals surface area contributed by atoms with Crippen LogP contribution in [0.4, 0.5) is 11.5 Å². The normalized spacial score (nSPS) is 15.8. The van der Waals surface area contributed by atoms with Crippen molar-refractivity contribution in [1.82, 2.24) is 9.88 Å². The highest BCUT2D eigenvalue weighted by atomic mass is 16.3. The van der Waals surface area contributed by atoms with Gasteiger partial charge in [-0.05, 0) is 49.5 Å². The minimum atomic E-state index is 0.0505. The van der Waals surface area contributed by atoms with Crippen molar-refractivity contribution < 1.29 is 5.11 Å². The molecule has 0 radical (unpaired) electrons. The van der Waals surface area contributed by atoms with E-state index < -0.39 is 0 Å². The zero-order valence-electron chi connectivity index (χ0n) is 16.3. The first-order chi connectivity index (χ1) is 13.2. The molecule has 4 N–H and O–H groups in total. The molecule has 0 saturated carbocycles. The highest BCUT2D eigenvalue weighted by molar-refractivity contribution is 5.53. The van der Waals surface area contributed by atoms with Crippen molar-refractivity contribution >= 4 is 11.5 Å². The van der Waals surface area contributed by atoms with Gasteiger partial charge in [-0.1, -0.05) is 37.6 Å². The molecule has 1 saturated heterocycles. The Balaban J connectivity index is 1.64. The Bertz CT molecular complexity index is 711. The van der Waals surface area contributed by atoms with Crippen molar-refractivity contribution in [2.45, 2.75) is 51.6 Å². The molecule has 1 fully saturated rings. The van der Waals surface area contributed by atoms with Crippen molar-refractivity contribution in [2.24, 2.45) is 0 Å². The number of aliphatic hydroxyl groups is 1. The number of rotatable bonds is 9. The van der Waals surface area contributed by atoms with Gasteiger partial charge in [0, 0.05) is 36.5 Å². The van der Waals surface area contributed by atoms with Gasteiger partial charge < -0.3 is 16.2 Å². The van der Waals surface area contributed by atoms with Gasteiger partial charge in [0.25, 0.3) is 0 Å². The molecule has 0 unspecified atom stereocenters. The van der Waals surface area contributed by atoms with Crippen molar-refractivity contribution in [3.8, 4) is 0 Å². The first-order valence-corrected chi connectivity index (χ1v) is 10.1. The van der Waals surface area contributed by atoms with Crippen LogP contribution in [0.3, 0.4) is 0 Å². The summed E-state index contributed by atoms with van der Waals surface area (Å²) < 4.78 is 0. The van der Waals surface area contributed by atoms with E-state index in [2.05, 4.69) is 46.4 Å². The van der Waals surface area contributed by atoms with Gasteiger partial charge in [0.2, 0.25) is 0 Å². The molecule has 1 atom stereocenters. The molecule has 0 bridgehead atoms. The molecule has 2 aromatic rings. The number of nitrogens with zero attached hydrogens (tertiary/aromatic N) is 2. The lowest BCUT2D eigenvalue weighted by atomic mass is 10.1. The molecule has 146 valence electrons. The number of aliphatic hydroxyl groups excluding tert-OH is 1. The number of nitrogen functional groups attached to an aromatic ring is 1. The van der Waals surface area contributed by atoms with Gasteiger partial charge in [-0.25, -0.2) is 4.98 Å². The van der Waals surface area contributed by atoms with Gasteiger partial charge in [0.05, 0.1) is 6.61 Å².